The van der Waals surface area contributed by atoms with Crippen LogP contribution in [0.4, 0.5) is 0 Å². The molecule has 1 aromatic rings. The third-order valence-corrected chi connectivity index (χ3v) is 1.72. The number of rotatable bonds is 3. The molecule has 6 N–H and O–H groups in total. The van der Waals surface area contributed by atoms with Gasteiger partial charge in [-0.3, -0.25) is 0 Å². The quantitative estimate of drug-likeness (QED) is 0.289. The van der Waals surface area contributed by atoms with Crippen LogP contribution in [0.25, 0.3) is 0 Å². The smallest absolute Gasteiger partial charge is 0.423 e. The van der Waals surface area contributed by atoms with Gasteiger partial charge in [0.05, 0.1) is 6.54 Å². The SMILES string of the molecule is Cl.NC(N)=NCc1ccc(B(O)O)cc1. The number of hydrogen-bond acceptors (Lipinski definition) is 3. The molecule has 1 rings (SSSR count). The molecular formula is C8H13BClN3O2. The molecule has 0 aliphatic carbocycles. The number of hydrogen-bond donors (Lipinski definition) is 4. The molecule has 0 aliphatic rings. The van der Waals surface area contributed by atoms with E-state index >= 15 is 0 Å². The molecule has 5 nitrogen and oxygen atoms in total. The summed E-state index contributed by atoms with van der Waals surface area (Å²) in [6.07, 6.45) is 0. The summed E-state index contributed by atoms with van der Waals surface area (Å²) in [5, 5.41) is 17.6. The van der Waals surface area contributed by atoms with Crippen LogP contribution in [0, 0.1) is 0 Å². The van der Waals surface area contributed by atoms with E-state index in [0.717, 1.165) is 5.56 Å². The molecule has 0 spiro atoms. The first-order chi connectivity index (χ1) is 6.59. The maximum atomic E-state index is 8.82. The van der Waals surface area contributed by atoms with Crippen molar-refractivity contribution in [1.29, 1.82) is 0 Å². The van der Waals surface area contributed by atoms with E-state index in [0.29, 0.717) is 12.0 Å². The summed E-state index contributed by atoms with van der Waals surface area (Å²) in [6.45, 7) is 0.393. The number of guanidine groups is 1. The average Bonchev–Trinajstić information content (AvgIpc) is 2.15. The van der Waals surface area contributed by atoms with E-state index in [1.165, 1.54) is 0 Å². The normalized spacial score (nSPS) is 8.93. The predicted octanol–water partition coefficient (Wildman–Crippen LogP) is -1.44. The van der Waals surface area contributed by atoms with Crippen molar-refractivity contribution in [3.8, 4) is 0 Å². The third-order valence-electron chi connectivity index (χ3n) is 1.72. The highest BCUT2D eigenvalue weighted by Gasteiger charge is 2.09. The van der Waals surface area contributed by atoms with Crippen LogP contribution in [0.15, 0.2) is 29.3 Å². The first kappa shape index (κ1) is 13.8. The zero-order chi connectivity index (χ0) is 10.6. The summed E-state index contributed by atoms with van der Waals surface area (Å²) in [6, 6.07) is 6.70. The Balaban J connectivity index is 0.00000196. The van der Waals surface area contributed by atoms with Gasteiger partial charge in [0, 0.05) is 0 Å². The Bertz CT molecular complexity index is 325. The largest absolute Gasteiger partial charge is 0.488 e. The molecule has 7 heteroatoms. The number of benzene rings is 1. The Morgan fingerprint density at radius 1 is 1.20 bits per heavy atom. The van der Waals surface area contributed by atoms with Gasteiger partial charge < -0.3 is 21.5 Å². The van der Waals surface area contributed by atoms with Gasteiger partial charge in [0.15, 0.2) is 5.96 Å². The van der Waals surface area contributed by atoms with E-state index < -0.39 is 7.12 Å². The van der Waals surface area contributed by atoms with Crippen molar-refractivity contribution in [3.05, 3.63) is 29.8 Å². The number of aliphatic imine (C=N–C) groups is 1. The van der Waals surface area contributed by atoms with Crippen molar-refractivity contribution >= 4 is 30.9 Å². The summed E-state index contributed by atoms with van der Waals surface area (Å²) in [4.78, 5) is 3.82. The standard InChI is InChI=1S/C8H12BN3O2.ClH/c10-8(11)12-5-6-1-3-7(4-2-6)9(13)14;/h1-4,13-14H,5H2,(H4,10,11,12);1H. The van der Waals surface area contributed by atoms with Gasteiger partial charge in [-0.15, -0.1) is 12.4 Å². The highest BCUT2D eigenvalue weighted by molar-refractivity contribution is 6.58. The maximum absolute atomic E-state index is 8.82. The number of halogens is 1. The van der Waals surface area contributed by atoms with Crippen molar-refractivity contribution in [3.63, 3.8) is 0 Å². The average molecular weight is 229 g/mol. The van der Waals surface area contributed by atoms with Crippen LogP contribution in [0.2, 0.25) is 0 Å². The Morgan fingerprint density at radius 2 is 1.73 bits per heavy atom. The van der Waals surface area contributed by atoms with Crippen LogP contribution in [-0.4, -0.2) is 23.1 Å². The molecule has 0 aliphatic heterocycles. The van der Waals surface area contributed by atoms with Gasteiger partial charge >= 0.3 is 7.12 Å². The number of nitrogens with zero attached hydrogens (tertiary/aromatic N) is 1. The minimum Gasteiger partial charge on any atom is -0.423 e. The summed E-state index contributed by atoms with van der Waals surface area (Å²) in [5.41, 5.74) is 11.7. The minimum absolute atomic E-state index is 0. The van der Waals surface area contributed by atoms with E-state index in [-0.39, 0.29) is 18.4 Å². The summed E-state index contributed by atoms with van der Waals surface area (Å²) in [7, 11) is -1.44. The molecule has 15 heavy (non-hydrogen) atoms. The molecule has 0 atom stereocenters. The summed E-state index contributed by atoms with van der Waals surface area (Å²) < 4.78 is 0. The molecule has 0 unspecified atom stereocenters. The molecule has 0 heterocycles. The molecular weight excluding hydrogens is 216 g/mol. The molecule has 1 aromatic carbocycles. The maximum Gasteiger partial charge on any atom is 0.488 e. The monoisotopic (exact) mass is 229 g/mol. The van der Waals surface area contributed by atoms with E-state index in [2.05, 4.69) is 4.99 Å². The van der Waals surface area contributed by atoms with Crippen molar-refractivity contribution in [2.75, 3.05) is 0 Å². The Kier molecular flexibility index (Phi) is 5.77. The highest BCUT2D eigenvalue weighted by Crippen LogP contribution is 1.98. The fourth-order valence-electron chi connectivity index (χ4n) is 0.978. The summed E-state index contributed by atoms with van der Waals surface area (Å²) >= 11 is 0. The second-order valence-corrected chi connectivity index (χ2v) is 2.86. The highest BCUT2D eigenvalue weighted by atomic mass is 35.5. The van der Waals surface area contributed by atoms with Gasteiger partial charge in [-0.2, -0.15) is 0 Å². The van der Waals surface area contributed by atoms with Gasteiger partial charge in [0.25, 0.3) is 0 Å². The first-order valence-corrected chi connectivity index (χ1v) is 4.10. The van der Waals surface area contributed by atoms with Gasteiger partial charge in [-0.05, 0) is 11.0 Å². The third kappa shape index (κ3) is 4.69. The molecule has 0 fully saturated rings. The minimum atomic E-state index is -1.44. The number of nitrogens with two attached hydrogens (primary N) is 2. The Morgan fingerprint density at radius 3 is 2.13 bits per heavy atom. The zero-order valence-electron chi connectivity index (χ0n) is 8.00. The second-order valence-electron chi connectivity index (χ2n) is 2.86. The van der Waals surface area contributed by atoms with Gasteiger partial charge in [-0.25, -0.2) is 4.99 Å². The summed E-state index contributed by atoms with van der Waals surface area (Å²) in [5.74, 6) is 0.0382. The van der Waals surface area contributed by atoms with Crippen molar-refractivity contribution in [1.82, 2.24) is 0 Å². The molecule has 0 aromatic heterocycles. The van der Waals surface area contributed by atoms with Crippen LogP contribution < -0.4 is 16.9 Å². The second kappa shape index (κ2) is 6.29. The van der Waals surface area contributed by atoms with Crippen LogP contribution in [0.5, 0.6) is 0 Å². The fraction of sp³-hybridized carbons (Fsp3) is 0.125. The van der Waals surface area contributed by atoms with Crippen molar-refractivity contribution in [2.45, 2.75) is 6.54 Å². The van der Waals surface area contributed by atoms with Crippen LogP contribution in [-0.2, 0) is 6.54 Å². The van der Waals surface area contributed by atoms with E-state index in [1.807, 2.05) is 0 Å². The van der Waals surface area contributed by atoms with Crippen LogP contribution in [0.1, 0.15) is 5.56 Å². The van der Waals surface area contributed by atoms with E-state index in [1.54, 1.807) is 24.3 Å². The lowest BCUT2D eigenvalue weighted by molar-refractivity contribution is 0.426. The predicted molar refractivity (Wildman–Crippen MR) is 63.0 cm³/mol. The molecule has 0 amide bonds. The fourth-order valence-corrected chi connectivity index (χ4v) is 0.978. The first-order valence-electron chi connectivity index (χ1n) is 4.10. The zero-order valence-corrected chi connectivity index (χ0v) is 8.81. The topological polar surface area (TPSA) is 105 Å². The lowest BCUT2D eigenvalue weighted by Gasteiger charge is -2.00. The molecule has 0 bridgehead atoms. The van der Waals surface area contributed by atoms with Gasteiger partial charge in [0.2, 0.25) is 0 Å². The van der Waals surface area contributed by atoms with Crippen LogP contribution >= 0.6 is 12.4 Å². The molecule has 0 saturated carbocycles. The van der Waals surface area contributed by atoms with E-state index in [9.17, 15) is 0 Å². The lowest BCUT2D eigenvalue weighted by Crippen LogP contribution is -2.29. The van der Waals surface area contributed by atoms with E-state index in [4.69, 9.17) is 21.5 Å². The molecule has 0 radical (unpaired) electrons. The van der Waals surface area contributed by atoms with Crippen LogP contribution in [0.3, 0.4) is 0 Å². The van der Waals surface area contributed by atoms with Crippen molar-refractivity contribution < 1.29 is 10.0 Å². The molecule has 82 valence electrons. The Hall–Kier alpha value is -1.24. The Labute approximate surface area is 94.4 Å². The lowest BCUT2D eigenvalue weighted by atomic mass is 9.80. The molecule has 0 saturated heterocycles. The van der Waals surface area contributed by atoms with Gasteiger partial charge in [-0.1, -0.05) is 24.3 Å². The van der Waals surface area contributed by atoms with Crippen molar-refractivity contribution in [2.24, 2.45) is 16.5 Å². The van der Waals surface area contributed by atoms with Gasteiger partial charge in [0.1, 0.15) is 0 Å².